The van der Waals surface area contributed by atoms with Crippen LogP contribution in [-0.4, -0.2) is 17.5 Å². The average molecular weight is 366 g/mol. The second kappa shape index (κ2) is 8.21. The Morgan fingerprint density at radius 3 is 2.04 bits per heavy atom. The molecule has 0 aliphatic heterocycles. The number of rotatable bonds is 6. The number of hydrogen-bond donors (Lipinski definition) is 0. The molecule has 0 heterocycles. The molecule has 0 saturated carbocycles. The van der Waals surface area contributed by atoms with Crippen molar-refractivity contribution in [3.8, 4) is 5.75 Å². The Kier molecular flexibility index (Phi) is 6.21. The number of para-hydroxylation sites is 1. The van der Waals surface area contributed by atoms with Gasteiger partial charge in [-0.1, -0.05) is 55.1 Å². The summed E-state index contributed by atoms with van der Waals surface area (Å²) in [5.74, 6) is -0.862. The van der Waals surface area contributed by atoms with E-state index in [4.69, 9.17) is 9.47 Å². The molecule has 0 fully saturated rings. The zero-order chi connectivity index (χ0) is 20.1. The molecule has 0 amide bonds. The summed E-state index contributed by atoms with van der Waals surface area (Å²) in [6, 6.07) is 16.2. The first-order chi connectivity index (χ1) is 12.6. The predicted molar refractivity (Wildman–Crippen MR) is 106 cm³/mol. The Bertz CT molecular complexity index is 801. The lowest BCUT2D eigenvalue weighted by Gasteiger charge is -2.29. The van der Waals surface area contributed by atoms with Gasteiger partial charge in [-0.05, 0) is 57.4 Å². The normalized spacial score (nSPS) is 13.3. The molecule has 0 spiro atoms. The van der Waals surface area contributed by atoms with Crippen molar-refractivity contribution in [3.05, 3.63) is 72.3 Å². The van der Waals surface area contributed by atoms with Crippen molar-refractivity contribution in [2.24, 2.45) is 5.41 Å². The second-order valence-electron chi connectivity index (χ2n) is 7.66. The van der Waals surface area contributed by atoms with Crippen molar-refractivity contribution in [1.29, 1.82) is 0 Å². The third-order valence-electron chi connectivity index (χ3n) is 4.03. The molecule has 2 aromatic rings. The van der Waals surface area contributed by atoms with Crippen LogP contribution in [0.4, 0.5) is 0 Å². The molecule has 4 nitrogen and oxygen atoms in total. The quantitative estimate of drug-likeness (QED) is 0.418. The van der Waals surface area contributed by atoms with E-state index in [-0.39, 0.29) is 6.42 Å². The van der Waals surface area contributed by atoms with E-state index in [1.54, 1.807) is 58.0 Å². The molecule has 1 atom stereocenters. The fraction of sp³-hybridized carbons (Fsp3) is 0.304. The Morgan fingerprint density at radius 2 is 1.52 bits per heavy atom. The number of benzene rings is 2. The van der Waals surface area contributed by atoms with E-state index in [0.29, 0.717) is 5.75 Å². The summed E-state index contributed by atoms with van der Waals surface area (Å²) in [6.45, 7) is 10.6. The lowest BCUT2D eigenvalue weighted by atomic mass is 9.83. The average Bonchev–Trinajstić information content (AvgIpc) is 2.61. The third kappa shape index (κ3) is 5.55. The van der Waals surface area contributed by atoms with Crippen LogP contribution >= 0.6 is 0 Å². The highest BCUT2D eigenvalue weighted by Crippen LogP contribution is 2.30. The fourth-order valence-corrected chi connectivity index (χ4v) is 2.51. The molecule has 0 N–H and O–H groups in total. The van der Waals surface area contributed by atoms with Crippen LogP contribution in [0.1, 0.15) is 38.8 Å². The monoisotopic (exact) mass is 366 g/mol. The van der Waals surface area contributed by atoms with Gasteiger partial charge in [-0.2, -0.15) is 0 Å². The molecule has 0 aliphatic carbocycles. The molecule has 2 aromatic carbocycles. The molecular formula is C23H26O4. The van der Waals surface area contributed by atoms with E-state index in [1.807, 2.05) is 30.3 Å². The van der Waals surface area contributed by atoms with E-state index >= 15 is 0 Å². The van der Waals surface area contributed by atoms with Crippen LogP contribution in [0.15, 0.2) is 61.2 Å². The van der Waals surface area contributed by atoms with Gasteiger partial charge in [0, 0.05) is 0 Å². The highest BCUT2D eigenvalue weighted by molar-refractivity contribution is 6.00. The van der Waals surface area contributed by atoms with Gasteiger partial charge in [0.2, 0.25) is 0 Å². The van der Waals surface area contributed by atoms with E-state index in [1.165, 1.54) is 0 Å². The predicted octanol–water partition coefficient (Wildman–Crippen LogP) is 4.83. The Hall–Kier alpha value is -2.88. The third-order valence-corrected chi connectivity index (χ3v) is 4.03. The first kappa shape index (κ1) is 20.4. The number of carbonyl (C=O) groups is 2. The summed E-state index contributed by atoms with van der Waals surface area (Å²) >= 11 is 0. The minimum absolute atomic E-state index is 0.172. The second-order valence-corrected chi connectivity index (χ2v) is 7.66. The molecule has 1 unspecified atom stereocenters. The van der Waals surface area contributed by atoms with Crippen LogP contribution in [-0.2, 0) is 20.7 Å². The van der Waals surface area contributed by atoms with E-state index in [0.717, 1.165) is 11.1 Å². The van der Waals surface area contributed by atoms with E-state index < -0.39 is 23.0 Å². The Morgan fingerprint density at radius 1 is 0.926 bits per heavy atom. The Balaban J connectivity index is 2.32. The molecule has 0 aliphatic rings. The van der Waals surface area contributed by atoms with Gasteiger partial charge >= 0.3 is 11.9 Å². The SMILES string of the molecule is C=Cc1ccc(CC(C)(C(=O)Oc2ccccc2)C(=O)OC(C)(C)C)cc1. The standard InChI is InChI=1S/C23H26O4/c1-6-17-12-14-18(15-13-17)16-23(5,21(25)27-22(2,3)4)20(24)26-19-10-8-7-9-11-19/h6-15H,1,16H2,2-5H3. The topological polar surface area (TPSA) is 52.6 Å². The number of hydrogen-bond acceptors (Lipinski definition) is 4. The highest BCUT2D eigenvalue weighted by Gasteiger charge is 2.46. The molecule has 0 radical (unpaired) electrons. The smallest absolute Gasteiger partial charge is 0.328 e. The van der Waals surface area contributed by atoms with Crippen LogP contribution in [0, 0.1) is 5.41 Å². The van der Waals surface area contributed by atoms with Gasteiger partial charge in [-0.25, -0.2) is 0 Å². The largest absolute Gasteiger partial charge is 0.459 e. The minimum atomic E-state index is -1.47. The van der Waals surface area contributed by atoms with Crippen molar-refractivity contribution >= 4 is 18.0 Å². The summed E-state index contributed by atoms with van der Waals surface area (Å²) in [7, 11) is 0. The molecule has 0 bridgehead atoms. The summed E-state index contributed by atoms with van der Waals surface area (Å²) in [5, 5.41) is 0. The zero-order valence-corrected chi connectivity index (χ0v) is 16.3. The molecule has 0 saturated heterocycles. The van der Waals surface area contributed by atoms with E-state index in [2.05, 4.69) is 6.58 Å². The number of esters is 2. The first-order valence-corrected chi connectivity index (χ1v) is 8.86. The molecule has 2 rings (SSSR count). The van der Waals surface area contributed by atoms with E-state index in [9.17, 15) is 9.59 Å². The molecule has 27 heavy (non-hydrogen) atoms. The lowest BCUT2D eigenvalue weighted by molar-refractivity contribution is -0.174. The summed E-state index contributed by atoms with van der Waals surface area (Å²) in [6.07, 6.45) is 1.91. The van der Waals surface area contributed by atoms with Gasteiger partial charge in [-0.15, -0.1) is 0 Å². The van der Waals surface area contributed by atoms with Crippen LogP contribution < -0.4 is 4.74 Å². The molecule has 142 valence electrons. The van der Waals surface area contributed by atoms with Gasteiger partial charge in [0.15, 0.2) is 5.41 Å². The van der Waals surface area contributed by atoms with Crippen LogP contribution in [0.5, 0.6) is 5.75 Å². The summed E-state index contributed by atoms with van der Waals surface area (Å²) < 4.78 is 11.0. The lowest BCUT2D eigenvalue weighted by Crippen LogP contribution is -2.45. The number of ether oxygens (including phenoxy) is 2. The first-order valence-electron chi connectivity index (χ1n) is 8.86. The van der Waals surface area contributed by atoms with Gasteiger partial charge in [-0.3, -0.25) is 9.59 Å². The van der Waals surface area contributed by atoms with Crippen molar-refractivity contribution in [2.75, 3.05) is 0 Å². The van der Waals surface area contributed by atoms with Crippen molar-refractivity contribution in [1.82, 2.24) is 0 Å². The maximum Gasteiger partial charge on any atom is 0.328 e. The van der Waals surface area contributed by atoms with Crippen molar-refractivity contribution in [3.63, 3.8) is 0 Å². The fourth-order valence-electron chi connectivity index (χ4n) is 2.51. The maximum atomic E-state index is 12.9. The summed E-state index contributed by atoms with van der Waals surface area (Å²) in [4.78, 5) is 25.9. The van der Waals surface area contributed by atoms with Crippen LogP contribution in [0.3, 0.4) is 0 Å². The molecule has 0 aromatic heterocycles. The van der Waals surface area contributed by atoms with Gasteiger partial charge < -0.3 is 9.47 Å². The van der Waals surface area contributed by atoms with Gasteiger partial charge in [0.05, 0.1) is 0 Å². The van der Waals surface area contributed by atoms with Gasteiger partial charge in [0.1, 0.15) is 11.4 Å². The van der Waals surface area contributed by atoms with Crippen molar-refractivity contribution in [2.45, 2.75) is 39.7 Å². The molecule has 4 heteroatoms. The van der Waals surface area contributed by atoms with Crippen molar-refractivity contribution < 1.29 is 19.1 Å². The maximum absolute atomic E-state index is 12.9. The number of carbonyl (C=O) groups excluding carboxylic acids is 2. The van der Waals surface area contributed by atoms with Crippen LogP contribution in [0.25, 0.3) is 6.08 Å². The Labute approximate surface area is 160 Å². The van der Waals surface area contributed by atoms with Crippen LogP contribution in [0.2, 0.25) is 0 Å². The highest BCUT2D eigenvalue weighted by atomic mass is 16.6. The minimum Gasteiger partial charge on any atom is -0.459 e. The zero-order valence-electron chi connectivity index (χ0n) is 16.3. The molecular weight excluding hydrogens is 340 g/mol. The van der Waals surface area contributed by atoms with Gasteiger partial charge in [0.25, 0.3) is 0 Å². The summed E-state index contributed by atoms with van der Waals surface area (Å²) in [5.41, 5.74) is -0.389.